The highest BCUT2D eigenvalue weighted by molar-refractivity contribution is 5.95. The van der Waals surface area contributed by atoms with Gasteiger partial charge in [-0.05, 0) is 29.3 Å². The summed E-state index contributed by atoms with van der Waals surface area (Å²) in [6.07, 6.45) is -2.52. The van der Waals surface area contributed by atoms with Crippen molar-refractivity contribution in [3.05, 3.63) is 65.2 Å². The van der Waals surface area contributed by atoms with Gasteiger partial charge in [0.2, 0.25) is 0 Å². The number of alkyl halides is 2. The number of methoxy groups -OCH3 is 1. The summed E-state index contributed by atoms with van der Waals surface area (Å²) in [6, 6.07) is 13.9. The zero-order valence-corrected chi connectivity index (χ0v) is 13.3. The summed E-state index contributed by atoms with van der Waals surface area (Å²) in [6.45, 7) is -0.0349. The molecule has 0 aliphatic rings. The molecule has 128 valence electrons. The molecule has 6 heteroatoms. The first kappa shape index (κ1) is 17.9. The molecule has 2 aromatic carbocycles. The molecule has 0 heterocycles. The molecule has 0 saturated heterocycles. The molecule has 0 atom stereocenters. The van der Waals surface area contributed by atoms with Crippen molar-refractivity contribution < 1.29 is 23.0 Å². The fraction of sp³-hybridized carbons (Fsp3) is 0.278. The number of benzene rings is 2. The van der Waals surface area contributed by atoms with Gasteiger partial charge in [0.05, 0.1) is 6.61 Å². The van der Waals surface area contributed by atoms with Gasteiger partial charge in [0.1, 0.15) is 12.4 Å². The molecule has 0 bridgehead atoms. The highest BCUT2D eigenvalue weighted by Crippen LogP contribution is 2.15. The van der Waals surface area contributed by atoms with Crippen LogP contribution in [0.3, 0.4) is 0 Å². The minimum absolute atomic E-state index is 0.221. The Labute approximate surface area is 139 Å². The predicted molar refractivity (Wildman–Crippen MR) is 86.3 cm³/mol. The second-order valence-corrected chi connectivity index (χ2v) is 5.12. The lowest BCUT2D eigenvalue weighted by molar-refractivity contribution is 0.0818. The van der Waals surface area contributed by atoms with Gasteiger partial charge in [0.25, 0.3) is 12.3 Å². The molecule has 0 aromatic heterocycles. The Bertz CT molecular complexity index is 677. The summed E-state index contributed by atoms with van der Waals surface area (Å²) in [4.78, 5) is 12.3. The van der Waals surface area contributed by atoms with Crippen LogP contribution in [0.2, 0.25) is 0 Å². The predicted octanol–water partition coefficient (Wildman–Crippen LogP) is 3.41. The van der Waals surface area contributed by atoms with E-state index in [1.807, 2.05) is 12.1 Å². The Morgan fingerprint density at radius 1 is 1.17 bits per heavy atom. The topological polar surface area (TPSA) is 47.6 Å². The number of hydrogen-bond acceptors (Lipinski definition) is 3. The molecule has 0 saturated carbocycles. The number of ether oxygens (including phenoxy) is 2. The Hall–Kier alpha value is -2.47. The molecule has 4 nitrogen and oxygen atoms in total. The molecule has 0 spiro atoms. The molecule has 0 fully saturated rings. The van der Waals surface area contributed by atoms with Gasteiger partial charge in [-0.2, -0.15) is 0 Å². The van der Waals surface area contributed by atoms with Crippen molar-refractivity contribution in [3.63, 3.8) is 0 Å². The first-order chi connectivity index (χ1) is 11.6. The number of nitrogens with one attached hydrogen (secondary N) is 1. The fourth-order valence-electron chi connectivity index (χ4n) is 2.21. The minimum atomic E-state index is -2.52. The van der Waals surface area contributed by atoms with E-state index in [9.17, 15) is 13.6 Å². The van der Waals surface area contributed by atoms with Crippen molar-refractivity contribution >= 4 is 5.91 Å². The van der Waals surface area contributed by atoms with Gasteiger partial charge in [-0.25, -0.2) is 8.78 Å². The first-order valence-electron chi connectivity index (χ1n) is 7.45. The minimum Gasteiger partial charge on any atom is -0.488 e. The molecule has 24 heavy (non-hydrogen) atoms. The van der Waals surface area contributed by atoms with Gasteiger partial charge >= 0.3 is 0 Å². The maximum Gasteiger partial charge on any atom is 0.272 e. The van der Waals surface area contributed by atoms with E-state index in [0.717, 1.165) is 11.1 Å². The standard InChI is InChI=1S/C18H19F2NO3/c1-23-11-14-6-2-3-8-16(14)18(22)21-10-13-5-4-7-15(9-13)24-12-17(19)20/h2-9,17H,10-12H2,1H3,(H,21,22). The molecule has 0 aliphatic carbocycles. The number of rotatable bonds is 8. The van der Waals surface area contributed by atoms with Crippen molar-refractivity contribution in [2.75, 3.05) is 13.7 Å². The van der Waals surface area contributed by atoms with Gasteiger partial charge < -0.3 is 14.8 Å². The summed E-state index contributed by atoms with van der Waals surface area (Å²) in [5, 5.41) is 2.81. The molecule has 2 aromatic rings. The number of amides is 1. The third kappa shape index (κ3) is 5.31. The lowest BCUT2D eigenvalue weighted by Gasteiger charge is -2.11. The van der Waals surface area contributed by atoms with Crippen LogP contribution in [0.5, 0.6) is 5.75 Å². The average Bonchev–Trinajstić information content (AvgIpc) is 2.59. The van der Waals surface area contributed by atoms with Crippen molar-refractivity contribution in [1.82, 2.24) is 5.32 Å². The number of carbonyl (C=O) groups excluding carboxylic acids is 1. The molecular weight excluding hydrogens is 316 g/mol. The summed E-state index contributed by atoms with van der Waals surface area (Å²) in [7, 11) is 1.57. The third-order valence-corrected chi connectivity index (χ3v) is 3.29. The molecular formula is C18H19F2NO3. The Morgan fingerprint density at radius 3 is 2.71 bits per heavy atom. The van der Waals surface area contributed by atoms with Crippen LogP contribution in [0.4, 0.5) is 8.78 Å². The summed E-state index contributed by atoms with van der Waals surface area (Å²) in [5.41, 5.74) is 2.11. The van der Waals surface area contributed by atoms with Gasteiger partial charge in [-0.1, -0.05) is 30.3 Å². The van der Waals surface area contributed by atoms with Crippen LogP contribution in [0.15, 0.2) is 48.5 Å². The largest absolute Gasteiger partial charge is 0.488 e. The van der Waals surface area contributed by atoms with Gasteiger partial charge in [-0.3, -0.25) is 4.79 Å². The zero-order valence-electron chi connectivity index (χ0n) is 13.3. The van der Waals surface area contributed by atoms with Crippen molar-refractivity contribution in [1.29, 1.82) is 0 Å². The SMILES string of the molecule is COCc1ccccc1C(=O)NCc1cccc(OCC(F)F)c1. The smallest absolute Gasteiger partial charge is 0.272 e. The van der Waals surface area contributed by atoms with E-state index in [-0.39, 0.29) is 12.5 Å². The first-order valence-corrected chi connectivity index (χ1v) is 7.45. The van der Waals surface area contributed by atoms with Crippen molar-refractivity contribution in [2.45, 2.75) is 19.6 Å². The second kappa shape index (κ2) is 8.98. The maximum atomic E-state index is 12.3. The zero-order chi connectivity index (χ0) is 17.4. The van der Waals surface area contributed by atoms with Crippen LogP contribution in [0.25, 0.3) is 0 Å². The van der Waals surface area contributed by atoms with Crippen LogP contribution in [0.1, 0.15) is 21.5 Å². The summed E-state index contributed by atoms with van der Waals surface area (Å²) >= 11 is 0. The normalized spacial score (nSPS) is 10.7. The second-order valence-electron chi connectivity index (χ2n) is 5.12. The molecule has 0 radical (unpaired) electrons. The summed E-state index contributed by atoms with van der Waals surface area (Å²) < 4.78 is 34.4. The Kier molecular flexibility index (Phi) is 6.69. The van der Waals surface area contributed by atoms with E-state index < -0.39 is 13.0 Å². The van der Waals surface area contributed by atoms with Gasteiger partial charge in [0.15, 0.2) is 0 Å². The van der Waals surface area contributed by atoms with Crippen LogP contribution < -0.4 is 10.1 Å². The van der Waals surface area contributed by atoms with Crippen LogP contribution in [0, 0.1) is 0 Å². The number of halogens is 2. The molecule has 0 aliphatic heterocycles. The van der Waals surface area contributed by atoms with Crippen molar-refractivity contribution in [2.24, 2.45) is 0 Å². The Morgan fingerprint density at radius 2 is 1.96 bits per heavy atom. The Balaban J connectivity index is 1.98. The lowest BCUT2D eigenvalue weighted by atomic mass is 10.1. The third-order valence-electron chi connectivity index (χ3n) is 3.29. The van der Waals surface area contributed by atoms with E-state index in [1.54, 1.807) is 43.5 Å². The van der Waals surface area contributed by atoms with E-state index in [1.165, 1.54) is 0 Å². The lowest BCUT2D eigenvalue weighted by Crippen LogP contribution is -2.24. The van der Waals surface area contributed by atoms with E-state index >= 15 is 0 Å². The van der Waals surface area contributed by atoms with Crippen LogP contribution in [-0.4, -0.2) is 26.0 Å². The molecule has 1 N–H and O–H groups in total. The highest BCUT2D eigenvalue weighted by atomic mass is 19.3. The monoisotopic (exact) mass is 335 g/mol. The quantitative estimate of drug-likeness (QED) is 0.804. The number of hydrogen-bond donors (Lipinski definition) is 1. The fourth-order valence-corrected chi connectivity index (χ4v) is 2.21. The number of carbonyl (C=O) groups is 1. The van der Waals surface area contributed by atoms with E-state index in [2.05, 4.69) is 5.32 Å². The molecule has 0 unspecified atom stereocenters. The van der Waals surface area contributed by atoms with Crippen LogP contribution in [-0.2, 0) is 17.9 Å². The van der Waals surface area contributed by atoms with Crippen molar-refractivity contribution in [3.8, 4) is 5.75 Å². The van der Waals surface area contributed by atoms with Crippen LogP contribution >= 0.6 is 0 Å². The maximum absolute atomic E-state index is 12.3. The average molecular weight is 335 g/mol. The van der Waals surface area contributed by atoms with E-state index in [4.69, 9.17) is 9.47 Å². The molecule has 1 amide bonds. The molecule has 2 rings (SSSR count). The van der Waals surface area contributed by atoms with Gasteiger partial charge in [-0.15, -0.1) is 0 Å². The highest BCUT2D eigenvalue weighted by Gasteiger charge is 2.10. The summed E-state index contributed by atoms with van der Waals surface area (Å²) in [5.74, 6) is 0.128. The van der Waals surface area contributed by atoms with Gasteiger partial charge in [0, 0.05) is 19.2 Å². The van der Waals surface area contributed by atoms with E-state index in [0.29, 0.717) is 17.9 Å².